The highest BCUT2D eigenvalue weighted by Gasteiger charge is 2.44. The van der Waals surface area contributed by atoms with Gasteiger partial charge in [-0.25, -0.2) is 0 Å². The third-order valence-corrected chi connectivity index (χ3v) is 6.97. The van der Waals surface area contributed by atoms with Crippen LogP contribution < -0.4 is 9.47 Å². The highest BCUT2D eigenvalue weighted by atomic mass is 127. The molecular weight excluding hydrogens is 513 g/mol. The van der Waals surface area contributed by atoms with Crippen molar-refractivity contribution in [2.75, 3.05) is 20.8 Å². The largest absolute Gasteiger partial charge is 0.493 e. The molecular formula is C23H24INO6. The molecule has 1 aromatic rings. The molecule has 0 spiro atoms. The number of carboxylic acids is 1. The minimum Gasteiger partial charge on any atom is -0.493 e. The lowest BCUT2D eigenvalue weighted by atomic mass is 9.71. The molecule has 3 aliphatic rings. The molecule has 8 heteroatoms. The third-order valence-electron chi connectivity index (χ3n) is 6.17. The molecule has 0 atom stereocenters. The minimum absolute atomic E-state index is 0.0173. The van der Waals surface area contributed by atoms with E-state index in [4.69, 9.17) is 9.47 Å². The second kappa shape index (κ2) is 8.64. The van der Waals surface area contributed by atoms with Crippen LogP contribution in [-0.4, -0.2) is 48.3 Å². The number of halogens is 1. The fourth-order valence-corrected chi connectivity index (χ4v) is 5.83. The van der Waals surface area contributed by atoms with Crippen molar-refractivity contribution in [2.45, 2.75) is 44.4 Å². The molecule has 1 heterocycles. The standard InChI is InChI=1S/C23H24INO6/c1-30-18-10-12(9-13(24)23(18)31-2)20-21-14(5-3-7-16(21)26)25(11-19(28)29)15-6-4-8-17(27)22(15)20/h9-10,20H,3-8,11H2,1-2H3,(H,28,29). The van der Waals surface area contributed by atoms with Gasteiger partial charge in [0.1, 0.15) is 6.54 Å². The first-order chi connectivity index (χ1) is 14.9. The van der Waals surface area contributed by atoms with Crippen LogP contribution in [0, 0.1) is 3.57 Å². The number of ketones is 2. The van der Waals surface area contributed by atoms with Crippen LogP contribution in [0.4, 0.5) is 0 Å². The summed E-state index contributed by atoms with van der Waals surface area (Å²) in [6, 6.07) is 3.76. The monoisotopic (exact) mass is 537 g/mol. The molecule has 0 saturated carbocycles. The summed E-state index contributed by atoms with van der Waals surface area (Å²) in [6.07, 6.45) is 3.41. The maximum atomic E-state index is 13.2. The Hall–Kier alpha value is -2.36. The molecule has 1 aliphatic heterocycles. The number of hydrogen-bond acceptors (Lipinski definition) is 6. The molecule has 4 rings (SSSR count). The molecule has 7 nitrogen and oxygen atoms in total. The van der Waals surface area contributed by atoms with Crippen LogP contribution in [0.3, 0.4) is 0 Å². The number of methoxy groups -OCH3 is 2. The van der Waals surface area contributed by atoms with Gasteiger partial charge in [-0.05, 0) is 66.0 Å². The van der Waals surface area contributed by atoms with Crippen LogP contribution in [0.5, 0.6) is 11.5 Å². The lowest BCUT2D eigenvalue weighted by Gasteiger charge is -2.43. The number of ether oxygens (including phenoxy) is 2. The van der Waals surface area contributed by atoms with E-state index < -0.39 is 11.9 Å². The van der Waals surface area contributed by atoms with Gasteiger partial charge in [-0.15, -0.1) is 0 Å². The molecule has 0 radical (unpaired) electrons. The Labute approximate surface area is 194 Å². The molecule has 0 fully saturated rings. The van der Waals surface area contributed by atoms with Crippen LogP contribution in [0.15, 0.2) is 34.7 Å². The lowest BCUT2D eigenvalue weighted by molar-refractivity contribution is -0.138. The van der Waals surface area contributed by atoms with E-state index in [1.54, 1.807) is 19.1 Å². The first-order valence-electron chi connectivity index (χ1n) is 10.3. The first-order valence-corrected chi connectivity index (χ1v) is 11.4. The topological polar surface area (TPSA) is 93.1 Å². The Bertz CT molecular complexity index is 997. The molecule has 0 amide bonds. The number of allylic oxidation sites excluding steroid dienone is 4. The zero-order valence-corrected chi connectivity index (χ0v) is 19.7. The van der Waals surface area contributed by atoms with Gasteiger partial charge >= 0.3 is 5.97 Å². The Morgan fingerprint density at radius 2 is 1.61 bits per heavy atom. The van der Waals surface area contributed by atoms with Gasteiger partial charge in [-0.1, -0.05) is 0 Å². The number of carbonyl (C=O) groups excluding carboxylic acids is 2. The molecule has 1 aromatic carbocycles. The van der Waals surface area contributed by atoms with Gasteiger partial charge in [-0.3, -0.25) is 14.4 Å². The van der Waals surface area contributed by atoms with E-state index in [9.17, 15) is 19.5 Å². The van der Waals surface area contributed by atoms with Crippen molar-refractivity contribution in [2.24, 2.45) is 0 Å². The Morgan fingerprint density at radius 3 is 2.10 bits per heavy atom. The molecule has 0 bridgehead atoms. The number of rotatable bonds is 5. The van der Waals surface area contributed by atoms with Gasteiger partial charge in [0.25, 0.3) is 0 Å². The average Bonchev–Trinajstić information content (AvgIpc) is 2.73. The quantitative estimate of drug-likeness (QED) is 0.572. The minimum atomic E-state index is -0.978. The Balaban J connectivity index is 1.98. The molecule has 0 saturated heterocycles. The SMILES string of the molecule is COc1cc(C2C3=C(CCCC3=O)N(CC(=O)O)C3=C2C(=O)CCC3)cc(I)c1OC. The Morgan fingerprint density at radius 1 is 1.03 bits per heavy atom. The van der Waals surface area contributed by atoms with Crippen molar-refractivity contribution >= 4 is 40.1 Å². The molecule has 164 valence electrons. The summed E-state index contributed by atoms with van der Waals surface area (Å²) in [5.41, 5.74) is 3.42. The van der Waals surface area contributed by atoms with Crippen molar-refractivity contribution in [1.29, 1.82) is 0 Å². The van der Waals surface area contributed by atoms with E-state index in [0.717, 1.165) is 20.5 Å². The summed E-state index contributed by atoms with van der Waals surface area (Å²) in [7, 11) is 3.13. The van der Waals surface area contributed by atoms with Crippen molar-refractivity contribution in [3.63, 3.8) is 0 Å². The predicted octanol–water partition coefficient (Wildman–Crippen LogP) is 3.81. The normalized spacial score (nSPS) is 19.4. The van der Waals surface area contributed by atoms with Crippen LogP contribution in [0.1, 0.15) is 50.0 Å². The van der Waals surface area contributed by atoms with Crippen LogP contribution in [-0.2, 0) is 14.4 Å². The number of carbonyl (C=O) groups is 3. The molecule has 2 aliphatic carbocycles. The van der Waals surface area contributed by atoms with Gasteiger partial charge in [0.2, 0.25) is 0 Å². The highest BCUT2D eigenvalue weighted by molar-refractivity contribution is 14.1. The highest BCUT2D eigenvalue weighted by Crippen LogP contribution is 2.50. The maximum Gasteiger partial charge on any atom is 0.323 e. The first kappa shape index (κ1) is 21.9. The summed E-state index contributed by atoms with van der Waals surface area (Å²) in [4.78, 5) is 39.7. The molecule has 0 unspecified atom stereocenters. The van der Waals surface area contributed by atoms with Crippen LogP contribution in [0.2, 0.25) is 0 Å². The fourth-order valence-electron chi connectivity index (χ4n) is 4.98. The van der Waals surface area contributed by atoms with Gasteiger partial charge in [0.15, 0.2) is 23.1 Å². The van der Waals surface area contributed by atoms with E-state index in [0.29, 0.717) is 61.2 Å². The number of benzene rings is 1. The fraction of sp³-hybridized carbons (Fsp3) is 0.435. The number of aliphatic carboxylic acids is 1. The number of Topliss-reactive ketones (excluding diaryl/α,β-unsaturated/α-hetero) is 2. The molecule has 1 N–H and O–H groups in total. The van der Waals surface area contributed by atoms with Crippen LogP contribution in [0.25, 0.3) is 0 Å². The zero-order chi connectivity index (χ0) is 22.3. The summed E-state index contributed by atoms with van der Waals surface area (Å²) < 4.78 is 11.8. The molecule has 31 heavy (non-hydrogen) atoms. The predicted molar refractivity (Wildman–Crippen MR) is 121 cm³/mol. The summed E-state index contributed by atoms with van der Waals surface area (Å²) in [6.45, 7) is -0.242. The zero-order valence-electron chi connectivity index (χ0n) is 17.5. The van der Waals surface area contributed by atoms with Gasteiger partial charge < -0.3 is 19.5 Å². The van der Waals surface area contributed by atoms with Gasteiger partial charge in [0.05, 0.1) is 17.8 Å². The number of nitrogens with zero attached hydrogens (tertiary/aromatic N) is 1. The van der Waals surface area contributed by atoms with Crippen molar-refractivity contribution in [3.05, 3.63) is 43.8 Å². The summed E-state index contributed by atoms with van der Waals surface area (Å²) in [5.74, 6) is -0.387. The summed E-state index contributed by atoms with van der Waals surface area (Å²) in [5, 5.41) is 9.54. The number of carboxylic acid groups (broad SMARTS) is 1. The maximum absolute atomic E-state index is 13.2. The third kappa shape index (κ3) is 3.75. The van der Waals surface area contributed by atoms with Crippen LogP contribution >= 0.6 is 22.6 Å². The van der Waals surface area contributed by atoms with E-state index >= 15 is 0 Å². The van der Waals surface area contributed by atoms with E-state index in [1.165, 1.54) is 0 Å². The van der Waals surface area contributed by atoms with E-state index in [2.05, 4.69) is 22.6 Å². The van der Waals surface area contributed by atoms with Crippen molar-refractivity contribution in [3.8, 4) is 11.5 Å². The van der Waals surface area contributed by atoms with E-state index in [1.807, 2.05) is 12.1 Å². The van der Waals surface area contributed by atoms with Gasteiger partial charge in [0, 0.05) is 41.3 Å². The number of hydrogen-bond donors (Lipinski definition) is 1. The Kier molecular flexibility index (Phi) is 6.09. The summed E-state index contributed by atoms with van der Waals surface area (Å²) >= 11 is 2.16. The van der Waals surface area contributed by atoms with Crippen molar-refractivity contribution in [1.82, 2.24) is 4.90 Å². The second-order valence-corrected chi connectivity index (χ2v) is 9.09. The van der Waals surface area contributed by atoms with E-state index in [-0.39, 0.29) is 18.1 Å². The lowest BCUT2D eigenvalue weighted by Crippen LogP contribution is -2.41. The van der Waals surface area contributed by atoms with Gasteiger partial charge in [-0.2, -0.15) is 0 Å². The molecule has 0 aromatic heterocycles. The van der Waals surface area contributed by atoms with Crippen molar-refractivity contribution < 1.29 is 29.0 Å². The smallest absolute Gasteiger partial charge is 0.323 e. The average molecular weight is 537 g/mol. The second-order valence-electron chi connectivity index (χ2n) is 7.93.